The molecule has 0 radical (unpaired) electrons. The number of carbonyl (C=O) groups excluding carboxylic acids is 2. The highest BCUT2D eigenvalue weighted by Gasteiger charge is 2.34. The van der Waals surface area contributed by atoms with E-state index in [1.165, 1.54) is 0 Å². The van der Waals surface area contributed by atoms with Gasteiger partial charge in [0.1, 0.15) is 0 Å². The van der Waals surface area contributed by atoms with Crippen molar-refractivity contribution in [3.63, 3.8) is 0 Å². The van der Waals surface area contributed by atoms with Crippen LogP contribution in [0.25, 0.3) is 0 Å². The molecular weight excluding hydrogens is 399 g/mol. The van der Waals surface area contributed by atoms with Gasteiger partial charge in [-0.3, -0.25) is 14.3 Å². The fourth-order valence-electron chi connectivity index (χ4n) is 3.05. The molecule has 0 bridgehead atoms. The van der Waals surface area contributed by atoms with Crippen molar-refractivity contribution in [2.75, 3.05) is 25.0 Å². The van der Waals surface area contributed by atoms with E-state index in [-0.39, 0.29) is 30.2 Å². The van der Waals surface area contributed by atoms with E-state index in [2.05, 4.69) is 21.0 Å². The predicted molar refractivity (Wildman–Crippen MR) is 97.5 cm³/mol. The summed E-state index contributed by atoms with van der Waals surface area (Å²) in [6.07, 6.45) is 3.52. The summed E-state index contributed by atoms with van der Waals surface area (Å²) < 4.78 is 41.3. The van der Waals surface area contributed by atoms with E-state index in [4.69, 9.17) is 0 Å². The smallest absolute Gasteiger partial charge is 0.243 e. The summed E-state index contributed by atoms with van der Waals surface area (Å²) in [5, 5.41) is 11.8. The average Bonchev–Trinajstić information content (AvgIpc) is 3.29. The van der Waals surface area contributed by atoms with Crippen LogP contribution in [0.1, 0.15) is 11.5 Å². The third kappa shape index (κ3) is 4.63. The van der Waals surface area contributed by atoms with Gasteiger partial charge in [-0.2, -0.15) is 5.10 Å². The number of halogens is 4. The summed E-state index contributed by atoms with van der Waals surface area (Å²) in [4.78, 5) is 24.3. The van der Waals surface area contributed by atoms with Crippen molar-refractivity contribution in [3.05, 3.63) is 47.5 Å². The number of nitrogens with one attached hydrogen (secondary N) is 3. The summed E-state index contributed by atoms with van der Waals surface area (Å²) in [5.74, 6) is -6.08. The molecule has 11 heteroatoms. The minimum absolute atomic E-state index is 0. The number of aryl methyl sites for hydroxylation is 1. The number of hydrogen-bond donors (Lipinski definition) is 3. The van der Waals surface area contributed by atoms with E-state index in [0.29, 0.717) is 19.2 Å². The van der Waals surface area contributed by atoms with E-state index in [1.807, 2.05) is 6.20 Å². The molecule has 1 fully saturated rings. The number of carbonyl (C=O) groups is 2. The van der Waals surface area contributed by atoms with Gasteiger partial charge in [-0.15, -0.1) is 12.4 Å². The normalized spacial score (nSPS) is 18.4. The average molecular weight is 418 g/mol. The molecule has 2 amide bonds. The highest BCUT2D eigenvalue weighted by atomic mass is 35.5. The fraction of sp³-hybridized carbons (Fsp3) is 0.353. The van der Waals surface area contributed by atoms with E-state index in [0.717, 1.165) is 11.6 Å². The number of hydrogen-bond acceptors (Lipinski definition) is 4. The number of anilines is 1. The van der Waals surface area contributed by atoms with Crippen LogP contribution in [0.5, 0.6) is 0 Å². The molecule has 1 aliphatic rings. The number of benzene rings is 1. The van der Waals surface area contributed by atoms with Crippen LogP contribution >= 0.6 is 12.4 Å². The van der Waals surface area contributed by atoms with Crippen LogP contribution in [-0.2, 0) is 16.6 Å². The number of amides is 2. The maximum atomic E-state index is 13.6. The third-order valence-electron chi connectivity index (χ3n) is 4.44. The molecule has 0 aliphatic carbocycles. The Bertz CT molecular complexity index is 876. The first-order chi connectivity index (χ1) is 12.9. The standard InChI is InChI=1S/C17H18F3N5O2.ClH/c1-25-8-9(4-23-25)10-5-21-6-11(10)17(27)22-7-14(26)24-13-3-2-12(18)15(19)16(13)20;/h2-4,8,10-11,21H,5-7H2,1H3,(H,22,27)(H,24,26);1H/t10-,11+;/m1./s1. The predicted octanol–water partition coefficient (Wildman–Crippen LogP) is 1.32. The molecule has 3 rings (SSSR count). The van der Waals surface area contributed by atoms with E-state index in [9.17, 15) is 22.8 Å². The Kier molecular flexibility index (Phi) is 7.03. The number of nitrogens with zero attached hydrogens (tertiary/aromatic N) is 2. The monoisotopic (exact) mass is 417 g/mol. The molecule has 7 nitrogen and oxygen atoms in total. The highest BCUT2D eigenvalue weighted by Crippen LogP contribution is 2.27. The van der Waals surface area contributed by atoms with Gasteiger partial charge in [0.15, 0.2) is 17.5 Å². The molecule has 0 spiro atoms. The lowest BCUT2D eigenvalue weighted by Crippen LogP contribution is -2.39. The highest BCUT2D eigenvalue weighted by molar-refractivity contribution is 5.95. The minimum Gasteiger partial charge on any atom is -0.347 e. The maximum absolute atomic E-state index is 13.6. The lowest BCUT2D eigenvalue weighted by molar-refractivity contribution is -0.127. The minimum atomic E-state index is -1.67. The Labute approximate surface area is 165 Å². The molecule has 2 heterocycles. The quantitative estimate of drug-likeness (QED) is 0.640. The Hall–Kier alpha value is -2.59. The molecular formula is C17H19ClF3N5O2. The number of aromatic nitrogens is 2. The summed E-state index contributed by atoms with van der Waals surface area (Å²) in [5.41, 5.74) is 0.417. The van der Waals surface area contributed by atoms with Crippen LogP contribution in [0, 0.1) is 23.4 Å². The second kappa shape index (κ2) is 9.07. The van der Waals surface area contributed by atoms with Gasteiger partial charge in [0.05, 0.1) is 24.3 Å². The van der Waals surface area contributed by atoms with Crippen LogP contribution in [0.3, 0.4) is 0 Å². The molecule has 2 atom stereocenters. The first-order valence-electron chi connectivity index (χ1n) is 8.27. The second-order valence-corrected chi connectivity index (χ2v) is 6.31. The second-order valence-electron chi connectivity index (χ2n) is 6.31. The molecule has 2 aromatic rings. The molecule has 28 heavy (non-hydrogen) atoms. The van der Waals surface area contributed by atoms with Gasteiger partial charge in [0.2, 0.25) is 11.8 Å². The summed E-state index contributed by atoms with van der Waals surface area (Å²) in [7, 11) is 1.78. The van der Waals surface area contributed by atoms with Gasteiger partial charge in [-0.1, -0.05) is 0 Å². The van der Waals surface area contributed by atoms with Crippen molar-refractivity contribution in [2.45, 2.75) is 5.92 Å². The van der Waals surface area contributed by atoms with Crippen molar-refractivity contribution in [2.24, 2.45) is 13.0 Å². The first-order valence-corrected chi connectivity index (χ1v) is 8.27. The van der Waals surface area contributed by atoms with Gasteiger partial charge in [0.25, 0.3) is 0 Å². The van der Waals surface area contributed by atoms with Gasteiger partial charge < -0.3 is 16.0 Å². The van der Waals surface area contributed by atoms with E-state index < -0.39 is 35.6 Å². The zero-order chi connectivity index (χ0) is 19.6. The fourth-order valence-corrected chi connectivity index (χ4v) is 3.05. The van der Waals surface area contributed by atoms with Crippen molar-refractivity contribution in [3.8, 4) is 0 Å². The molecule has 1 aromatic heterocycles. The molecule has 0 saturated carbocycles. The molecule has 152 valence electrons. The third-order valence-corrected chi connectivity index (χ3v) is 4.44. The molecule has 3 N–H and O–H groups in total. The van der Waals surface area contributed by atoms with Crippen molar-refractivity contribution < 1.29 is 22.8 Å². The lowest BCUT2D eigenvalue weighted by atomic mass is 9.90. The van der Waals surface area contributed by atoms with Crippen molar-refractivity contribution in [1.82, 2.24) is 20.4 Å². The zero-order valence-corrected chi connectivity index (χ0v) is 15.7. The van der Waals surface area contributed by atoms with Crippen LogP contribution in [0.15, 0.2) is 24.5 Å². The summed E-state index contributed by atoms with van der Waals surface area (Å²) >= 11 is 0. The van der Waals surface area contributed by atoms with Crippen LogP contribution in [0.2, 0.25) is 0 Å². The van der Waals surface area contributed by atoms with E-state index in [1.54, 1.807) is 17.9 Å². The number of rotatable bonds is 5. The van der Waals surface area contributed by atoms with Crippen LogP contribution in [0.4, 0.5) is 18.9 Å². The van der Waals surface area contributed by atoms with Gasteiger partial charge >= 0.3 is 0 Å². The van der Waals surface area contributed by atoms with Gasteiger partial charge in [-0.25, -0.2) is 13.2 Å². The van der Waals surface area contributed by atoms with Crippen LogP contribution < -0.4 is 16.0 Å². The van der Waals surface area contributed by atoms with E-state index >= 15 is 0 Å². The topological polar surface area (TPSA) is 88.0 Å². The molecule has 1 saturated heterocycles. The molecule has 0 unspecified atom stereocenters. The largest absolute Gasteiger partial charge is 0.347 e. The maximum Gasteiger partial charge on any atom is 0.243 e. The lowest BCUT2D eigenvalue weighted by Gasteiger charge is -2.17. The first kappa shape index (κ1) is 21.7. The Balaban J connectivity index is 0.00000280. The summed E-state index contributed by atoms with van der Waals surface area (Å²) in [6.45, 7) is 0.633. The molecule has 1 aromatic carbocycles. The van der Waals surface area contributed by atoms with Crippen molar-refractivity contribution >= 4 is 29.9 Å². The SMILES string of the molecule is Cl.Cn1cc([C@H]2CNC[C@@H]2C(=O)NCC(=O)Nc2ccc(F)c(F)c2F)cn1. The Morgan fingerprint density at radius 2 is 2.00 bits per heavy atom. The van der Waals surface area contributed by atoms with Crippen LogP contribution in [-0.4, -0.2) is 41.2 Å². The van der Waals surface area contributed by atoms with Crippen molar-refractivity contribution in [1.29, 1.82) is 0 Å². The van der Waals surface area contributed by atoms with Gasteiger partial charge in [0, 0.05) is 32.3 Å². The Morgan fingerprint density at radius 1 is 1.25 bits per heavy atom. The Morgan fingerprint density at radius 3 is 2.68 bits per heavy atom. The van der Waals surface area contributed by atoms with Gasteiger partial charge in [-0.05, 0) is 17.7 Å². The zero-order valence-electron chi connectivity index (χ0n) is 14.8. The molecule has 1 aliphatic heterocycles. The summed E-state index contributed by atoms with van der Waals surface area (Å²) in [6, 6.07) is 1.61.